The largest absolute Gasteiger partial charge is 0.324 e. The van der Waals surface area contributed by atoms with Gasteiger partial charge in [0, 0.05) is 29.9 Å². The van der Waals surface area contributed by atoms with Gasteiger partial charge in [-0.15, -0.1) is 0 Å². The van der Waals surface area contributed by atoms with Crippen molar-refractivity contribution in [2.24, 2.45) is 12.8 Å². The highest BCUT2D eigenvalue weighted by Crippen LogP contribution is 2.35. The minimum atomic E-state index is -0.240. The van der Waals surface area contributed by atoms with Crippen LogP contribution in [0.15, 0.2) is 24.3 Å². The van der Waals surface area contributed by atoms with E-state index in [-0.39, 0.29) is 11.9 Å². The minimum absolute atomic E-state index is 0.0146. The summed E-state index contributed by atoms with van der Waals surface area (Å²) in [4.78, 5) is 0. The second-order valence-electron chi connectivity index (χ2n) is 4.84. The van der Waals surface area contributed by atoms with Crippen LogP contribution in [0, 0.1) is 5.82 Å². The van der Waals surface area contributed by atoms with E-state index in [0.29, 0.717) is 0 Å². The fourth-order valence-electron chi connectivity index (χ4n) is 2.74. The summed E-state index contributed by atoms with van der Waals surface area (Å²) in [6.07, 6.45) is 3.07. The number of nitrogens with two attached hydrogens (primary N) is 1. The van der Waals surface area contributed by atoms with Crippen LogP contribution in [0.1, 0.15) is 30.1 Å². The van der Waals surface area contributed by atoms with Crippen molar-refractivity contribution in [2.75, 3.05) is 0 Å². The molecular formula is C14H16FN3. The molecule has 94 valence electrons. The molecule has 0 aliphatic heterocycles. The van der Waals surface area contributed by atoms with Crippen LogP contribution in [0.5, 0.6) is 0 Å². The molecule has 1 aromatic heterocycles. The van der Waals surface area contributed by atoms with Gasteiger partial charge in [0.25, 0.3) is 0 Å². The number of benzene rings is 1. The van der Waals surface area contributed by atoms with Crippen LogP contribution in [0.25, 0.3) is 11.3 Å². The van der Waals surface area contributed by atoms with Crippen molar-refractivity contribution in [1.82, 2.24) is 9.78 Å². The van der Waals surface area contributed by atoms with Crippen LogP contribution in [-0.4, -0.2) is 9.78 Å². The lowest BCUT2D eigenvalue weighted by atomic mass is 9.90. The van der Waals surface area contributed by atoms with E-state index in [1.165, 1.54) is 17.8 Å². The van der Waals surface area contributed by atoms with Gasteiger partial charge in [-0.2, -0.15) is 5.10 Å². The monoisotopic (exact) mass is 245 g/mol. The van der Waals surface area contributed by atoms with Crippen LogP contribution in [0.3, 0.4) is 0 Å². The molecule has 1 aliphatic carbocycles. The highest BCUT2D eigenvalue weighted by Gasteiger charge is 2.25. The van der Waals surface area contributed by atoms with E-state index in [2.05, 4.69) is 5.10 Å². The molecule has 1 atom stereocenters. The lowest BCUT2D eigenvalue weighted by molar-refractivity contribution is 0.548. The summed E-state index contributed by atoms with van der Waals surface area (Å²) in [5.74, 6) is -0.240. The summed E-state index contributed by atoms with van der Waals surface area (Å²) >= 11 is 0. The highest BCUT2D eigenvalue weighted by molar-refractivity contribution is 5.65. The maximum Gasteiger partial charge on any atom is 0.123 e. The van der Waals surface area contributed by atoms with Gasteiger partial charge in [-0.3, -0.25) is 4.68 Å². The van der Waals surface area contributed by atoms with E-state index in [0.717, 1.165) is 36.1 Å². The first-order chi connectivity index (χ1) is 8.66. The first-order valence-corrected chi connectivity index (χ1v) is 6.24. The Hall–Kier alpha value is -1.68. The average Bonchev–Trinajstić information content (AvgIpc) is 2.69. The standard InChI is InChI=1S/C14H16FN3/c1-18-12-7-3-6-11(16)13(12)14(17-18)9-4-2-5-10(15)8-9/h2,4-5,8,11H,3,6-7,16H2,1H3. The fraction of sp³-hybridized carbons (Fsp3) is 0.357. The summed E-state index contributed by atoms with van der Waals surface area (Å²) in [5, 5.41) is 4.52. The van der Waals surface area contributed by atoms with Crippen molar-refractivity contribution in [3.8, 4) is 11.3 Å². The summed E-state index contributed by atoms with van der Waals surface area (Å²) in [6, 6.07) is 6.57. The molecule has 18 heavy (non-hydrogen) atoms. The number of hydrogen-bond acceptors (Lipinski definition) is 2. The van der Waals surface area contributed by atoms with Crippen molar-refractivity contribution in [1.29, 1.82) is 0 Å². The van der Waals surface area contributed by atoms with Gasteiger partial charge in [0.2, 0.25) is 0 Å². The minimum Gasteiger partial charge on any atom is -0.324 e. The molecule has 3 nitrogen and oxygen atoms in total. The normalized spacial score (nSPS) is 18.7. The molecule has 0 amide bonds. The number of rotatable bonds is 1. The number of aromatic nitrogens is 2. The number of fused-ring (bicyclic) bond motifs is 1. The Kier molecular flexibility index (Phi) is 2.67. The third-order valence-corrected chi connectivity index (χ3v) is 3.60. The Balaban J connectivity index is 2.18. The molecule has 1 aliphatic rings. The zero-order chi connectivity index (χ0) is 12.7. The van der Waals surface area contributed by atoms with Crippen molar-refractivity contribution in [2.45, 2.75) is 25.3 Å². The second kappa shape index (κ2) is 4.21. The van der Waals surface area contributed by atoms with Gasteiger partial charge >= 0.3 is 0 Å². The third kappa shape index (κ3) is 1.73. The van der Waals surface area contributed by atoms with Crippen LogP contribution >= 0.6 is 0 Å². The lowest BCUT2D eigenvalue weighted by Crippen LogP contribution is -2.18. The van der Waals surface area contributed by atoms with Crippen molar-refractivity contribution < 1.29 is 4.39 Å². The smallest absolute Gasteiger partial charge is 0.123 e. The Morgan fingerprint density at radius 1 is 1.44 bits per heavy atom. The summed E-state index contributed by atoms with van der Waals surface area (Å²) in [6.45, 7) is 0. The lowest BCUT2D eigenvalue weighted by Gasteiger charge is -2.19. The molecule has 0 bridgehead atoms. The molecular weight excluding hydrogens is 229 g/mol. The van der Waals surface area contributed by atoms with Crippen LogP contribution in [0.4, 0.5) is 4.39 Å². The molecule has 0 fully saturated rings. The van der Waals surface area contributed by atoms with E-state index in [1.807, 2.05) is 17.8 Å². The summed E-state index contributed by atoms with van der Waals surface area (Å²) < 4.78 is 15.2. The molecule has 3 rings (SSSR count). The van der Waals surface area contributed by atoms with E-state index < -0.39 is 0 Å². The van der Waals surface area contributed by atoms with Gasteiger partial charge in [-0.1, -0.05) is 12.1 Å². The predicted molar refractivity (Wildman–Crippen MR) is 68.5 cm³/mol. The molecule has 1 heterocycles. The highest BCUT2D eigenvalue weighted by atomic mass is 19.1. The molecule has 2 N–H and O–H groups in total. The molecule has 1 unspecified atom stereocenters. The van der Waals surface area contributed by atoms with Gasteiger partial charge in [0.15, 0.2) is 0 Å². The predicted octanol–water partition coefficient (Wildman–Crippen LogP) is 2.56. The van der Waals surface area contributed by atoms with Crippen molar-refractivity contribution >= 4 is 0 Å². The number of nitrogens with zero attached hydrogens (tertiary/aromatic N) is 2. The Morgan fingerprint density at radius 3 is 3.06 bits per heavy atom. The fourth-order valence-corrected chi connectivity index (χ4v) is 2.74. The number of hydrogen-bond donors (Lipinski definition) is 1. The summed E-state index contributed by atoms with van der Waals surface area (Å²) in [5.41, 5.74) is 10.1. The third-order valence-electron chi connectivity index (χ3n) is 3.60. The maximum absolute atomic E-state index is 13.3. The van der Waals surface area contributed by atoms with Gasteiger partial charge in [0.05, 0.1) is 5.69 Å². The Morgan fingerprint density at radius 2 is 2.28 bits per heavy atom. The quantitative estimate of drug-likeness (QED) is 0.839. The Bertz CT molecular complexity index is 589. The number of aryl methyl sites for hydroxylation is 1. The topological polar surface area (TPSA) is 43.8 Å². The molecule has 0 saturated carbocycles. The van der Waals surface area contributed by atoms with Crippen LogP contribution in [-0.2, 0) is 13.5 Å². The van der Waals surface area contributed by atoms with Gasteiger partial charge in [-0.25, -0.2) is 4.39 Å². The van der Waals surface area contributed by atoms with Gasteiger partial charge in [-0.05, 0) is 31.4 Å². The van der Waals surface area contributed by atoms with Crippen LogP contribution < -0.4 is 5.73 Å². The first kappa shape index (κ1) is 11.4. The van der Waals surface area contributed by atoms with Crippen molar-refractivity contribution in [3.63, 3.8) is 0 Å². The molecule has 0 saturated heterocycles. The van der Waals surface area contributed by atoms with E-state index >= 15 is 0 Å². The first-order valence-electron chi connectivity index (χ1n) is 6.24. The van der Waals surface area contributed by atoms with E-state index in [4.69, 9.17) is 5.73 Å². The number of halogens is 1. The van der Waals surface area contributed by atoms with Gasteiger partial charge in [0.1, 0.15) is 5.82 Å². The molecule has 0 spiro atoms. The molecule has 4 heteroatoms. The second-order valence-corrected chi connectivity index (χ2v) is 4.84. The van der Waals surface area contributed by atoms with E-state index in [1.54, 1.807) is 6.07 Å². The molecule has 0 radical (unpaired) electrons. The van der Waals surface area contributed by atoms with Crippen LogP contribution in [0.2, 0.25) is 0 Å². The van der Waals surface area contributed by atoms with Crippen molar-refractivity contribution in [3.05, 3.63) is 41.3 Å². The van der Waals surface area contributed by atoms with E-state index in [9.17, 15) is 4.39 Å². The zero-order valence-corrected chi connectivity index (χ0v) is 10.4. The Labute approximate surface area is 105 Å². The SMILES string of the molecule is Cn1nc(-c2cccc(F)c2)c2c1CCCC2N. The molecule has 2 aromatic rings. The zero-order valence-electron chi connectivity index (χ0n) is 10.4. The average molecular weight is 245 g/mol. The summed E-state index contributed by atoms with van der Waals surface area (Å²) in [7, 11) is 1.93. The molecule has 1 aromatic carbocycles. The maximum atomic E-state index is 13.3. The van der Waals surface area contributed by atoms with Gasteiger partial charge < -0.3 is 5.73 Å².